The number of nitrogens with one attached hydrogen (secondary N) is 1. The number of pyridine rings is 1. The fourth-order valence-electron chi connectivity index (χ4n) is 3.86. The molecule has 2 aromatic heterocycles. The van der Waals surface area contributed by atoms with Gasteiger partial charge < -0.3 is 14.6 Å². The van der Waals surface area contributed by atoms with Gasteiger partial charge in [0.2, 0.25) is 5.91 Å². The summed E-state index contributed by atoms with van der Waals surface area (Å²) in [6, 6.07) is 11.2. The van der Waals surface area contributed by atoms with E-state index in [4.69, 9.17) is 16.3 Å². The normalized spacial score (nSPS) is 17.8. The van der Waals surface area contributed by atoms with E-state index in [-0.39, 0.29) is 17.5 Å². The Bertz CT molecular complexity index is 1160. The van der Waals surface area contributed by atoms with Gasteiger partial charge >= 0.3 is 0 Å². The number of rotatable bonds is 7. The average Bonchev–Trinajstić information content (AvgIpc) is 3.18. The van der Waals surface area contributed by atoms with Gasteiger partial charge in [-0.2, -0.15) is 0 Å². The van der Waals surface area contributed by atoms with Crippen LogP contribution in [0.5, 0.6) is 0 Å². The summed E-state index contributed by atoms with van der Waals surface area (Å²) in [6.45, 7) is 2.85. The summed E-state index contributed by atoms with van der Waals surface area (Å²) >= 11 is 7.51. The van der Waals surface area contributed by atoms with E-state index < -0.39 is 0 Å². The van der Waals surface area contributed by atoms with E-state index >= 15 is 0 Å². The van der Waals surface area contributed by atoms with Gasteiger partial charge in [0.05, 0.1) is 10.9 Å². The van der Waals surface area contributed by atoms with Crippen molar-refractivity contribution in [3.05, 3.63) is 73.8 Å². The number of hydrogen-bond donors (Lipinski definition) is 1. The topological polar surface area (TPSA) is 65.6 Å². The first-order valence-electron chi connectivity index (χ1n) is 10.1. The van der Waals surface area contributed by atoms with Crippen molar-refractivity contribution in [3.8, 4) is 0 Å². The van der Waals surface area contributed by atoms with Gasteiger partial charge in [-0.3, -0.25) is 14.5 Å². The Balaban J connectivity index is 1.45. The predicted molar refractivity (Wildman–Crippen MR) is 126 cm³/mol. The summed E-state index contributed by atoms with van der Waals surface area (Å²) in [6.07, 6.45) is 5.73. The molecule has 1 amide bonds. The molecule has 4 rings (SSSR count). The van der Waals surface area contributed by atoms with Crippen LogP contribution in [-0.4, -0.2) is 60.1 Å². The van der Waals surface area contributed by atoms with E-state index in [0.717, 1.165) is 26.7 Å². The van der Waals surface area contributed by atoms with Crippen LogP contribution in [0.15, 0.2) is 53.5 Å². The third-order valence-corrected chi connectivity index (χ3v) is 6.64. The average molecular weight is 458 g/mol. The number of hydrogen-bond acceptors (Lipinski definition) is 5. The largest absolute Gasteiger partial charge is 0.383 e. The van der Waals surface area contributed by atoms with Crippen LogP contribution in [0.3, 0.4) is 0 Å². The number of methoxy groups -OCH3 is 1. The predicted octanol–water partition coefficient (Wildman–Crippen LogP) is 3.62. The molecule has 0 saturated carbocycles. The molecule has 1 aliphatic rings. The van der Waals surface area contributed by atoms with Gasteiger partial charge in [-0.25, -0.2) is 0 Å². The monoisotopic (exact) mass is 457 g/mol. The number of carbonyl (C=O) groups excluding carboxylic acids is 1. The van der Waals surface area contributed by atoms with E-state index in [9.17, 15) is 9.59 Å². The van der Waals surface area contributed by atoms with Crippen molar-refractivity contribution in [1.82, 2.24) is 14.8 Å². The lowest BCUT2D eigenvalue weighted by Crippen LogP contribution is -2.58. The highest BCUT2D eigenvalue weighted by atomic mass is 35.5. The first-order valence-corrected chi connectivity index (χ1v) is 11.3. The van der Waals surface area contributed by atoms with Crippen LogP contribution in [0.25, 0.3) is 16.8 Å². The number of nitrogens with zero attached hydrogens (tertiary/aromatic N) is 2. The quantitative estimate of drug-likeness (QED) is 0.588. The third kappa shape index (κ3) is 5.07. The molecule has 1 saturated heterocycles. The summed E-state index contributed by atoms with van der Waals surface area (Å²) < 4.78 is 6.11. The highest BCUT2D eigenvalue weighted by molar-refractivity contribution is 7.16. The number of carbonyl (C=O) groups is 1. The first-order chi connectivity index (χ1) is 15.0. The van der Waals surface area contributed by atoms with Crippen LogP contribution in [0, 0.1) is 0 Å². The highest BCUT2D eigenvalue weighted by Crippen LogP contribution is 2.23. The second-order valence-electron chi connectivity index (χ2n) is 7.50. The SMILES string of the molecule is COCC1C(=O)N(Cc2ccc3cc[nH]c(=O)c3c2)CCN1C/C=C/c1ccc(Cl)s1. The molecule has 1 atom stereocenters. The maximum absolute atomic E-state index is 13.2. The molecule has 8 heteroatoms. The lowest BCUT2D eigenvalue weighted by molar-refractivity contribution is -0.144. The Morgan fingerprint density at radius 2 is 2.10 bits per heavy atom. The Kier molecular flexibility index (Phi) is 6.87. The van der Waals surface area contributed by atoms with Crippen molar-refractivity contribution < 1.29 is 9.53 Å². The van der Waals surface area contributed by atoms with Crippen LogP contribution >= 0.6 is 22.9 Å². The molecular formula is C23H24ClN3O3S. The van der Waals surface area contributed by atoms with Gasteiger partial charge in [0.25, 0.3) is 5.56 Å². The van der Waals surface area contributed by atoms with Crippen LogP contribution in [-0.2, 0) is 16.1 Å². The van der Waals surface area contributed by atoms with E-state index in [1.807, 2.05) is 47.4 Å². The third-order valence-electron chi connectivity index (χ3n) is 5.45. The Morgan fingerprint density at radius 3 is 2.87 bits per heavy atom. The molecule has 31 heavy (non-hydrogen) atoms. The molecule has 1 fully saturated rings. The van der Waals surface area contributed by atoms with Crippen LogP contribution in [0.1, 0.15) is 10.4 Å². The second kappa shape index (κ2) is 9.78. The second-order valence-corrected chi connectivity index (χ2v) is 9.25. The zero-order chi connectivity index (χ0) is 21.8. The smallest absolute Gasteiger partial charge is 0.255 e. The highest BCUT2D eigenvalue weighted by Gasteiger charge is 2.34. The molecule has 6 nitrogen and oxygen atoms in total. The van der Waals surface area contributed by atoms with E-state index in [1.165, 1.54) is 11.3 Å². The van der Waals surface area contributed by atoms with Crippen molar-refractivity contribution in [2.75, 3.05) is 33.4 Å². The zero-order valence-electron chi connectivity index (χ0n) is 17.2. The summed E-state index contributed by atoms with van der Waals surface area (Å²) in [5.41, 5.74) is 0.822. The van der Waals surface area contributed by atoms with Crippen LogP contribution < -0.4 is 5.56 Å². The van der Waals surface area contributed by atoms with Crippen molar-refractivity contribution in [2.45, 2.75) is 12.6 Å². The fourth-order valence-corrected chi connectivity index (χ4v) is 4.86. The fraction of sp³-hybridized carbons (Fsp3) is 0.304. The number of fused-ring (bicyclic) bond motifs is 1. The molecule has 0 bridgehead atoms. The van der Waals surface area contributed by atoms with Gasteiger partial charge in [0.1, 0.15) is 6.04 Å². The van der Waals surface area contributed by atoms with Crippen molar-refractivity contribution in [1.29, 1.82) is 0 Å². The van der Waals surface area contributed by atoms with Crippen LogP contribution in [0.4, 0.5) is 0 Å². The number of aromatic nitrogens is 1. The molecule has 3 heterocycles. The maximum Gasteiger partial charge on any atom is 0.255 e. The minimum atomic E-state index is -0.334. The summed E-state index contributed by atoms with van der Waals surface area (Å²) in [4.78, 5) is 33.1. The zero-order valence-corrected chi connectivity index (χ0v) is 18.8. The molecule has 1 N–H and O–H groups in total. The molecule has 1 aliphatic heterocycles. The number of aromatic amines is 1. The number of thiophene rings is 1. The van der Waals surface area contributed by atoms with Crippen molar-refractivity contribution >= 4 is 45.7 Å². The number of halogens is 1. The van der Waals surface area contributed by atoms with Crippen molar-refractivity contribution in [3.63, 3.8) is 0 Å². The molecule has 0 spiro atoms. The van der Waals surface area contributed by atoms with Gasteiger partial charge in [-0.15, -0.1) is 11.3 Å². The van der Waals surface area contributed by atoms with E-state index in [1.54, 1.807) is 13.3 Å². The Morgan fingerprint density at radius 1 is 1.23 bits per heavy atom. The molecule has 1 unspecified atom stereocenters. The van der Waals surface area contributed by atoms with Gasteiger partial charge in [-0.05, 0) is 41.3 Å². The van der Waals surface area contributed by atoms with Gasteiger partial charge in [0.15, 0.2) is 0 Å². The molecular weight excluding hydrogens is 434 g/mol. The summed E-state index contributed by atoms with van der Waals surface area (Å²) in [5.74, 6) is 0.0442. The Labute approximate surface area is 189 Å². The van der Waals surface area contributed by atoms with Crippen LogP contribution in [0.2, 0.25) is 4.34 Å². The number of benzene rings is 1. The number of amides is 1. The Hall–Kier alpha value is -2.45. The molecule has 0 aliphatic carbocycles. The van der Waals surface area contributed by atoms with Gasteiger partial charge in [-0.1, -0.05) is 29.8 Å². The number of ether oxygens (including phenoxy) is 1. The minimum absolute atomic E-state index is 0.0442. The molecule has 162 valence electrons. The molecule has 0 radical (unpaired) electrons. The summed E-state index contributed by atoms with van der Waals surface area (Å²) in [5, 5.41) is 1.53. The molecule has 3 aromatic rings. The van der Waals surface area contributed by atoms with E-state index in [0.29, 0.717) is 31.6 Å². The first kappa shape index (κ1) is 21.8. The number of H-pyrrole nitrogens is 1. The maximum atomic E-state index is 13.2. The summed E-state index contributed by atoms with van der Waals surface area (Å²) in [7, 11) is 1.61. The lowest BCUT2D eigenvalue weighted by atomic mass is 10.1. The number of piperazine rings is 1. The van der Waals surface area contributed by atoms with Crippen molar-refractivity contribution in [2.24, 2.45) is 0 Å². The minimum Gasteiger partial charge on any atom is -0.383 e. The lowest BCUT2D eigenvalue weighted by Gasteiger charge is -2.40. The molecule has 1 aromatic carbocycles. The van der Waals surface area contributed by atoms with E-state index in [2.05, 4.69) is 16.0 Å². The standard InChI is InChI=1S/C23H24ClN3O3S/c1-30-15-20-23(29)27(12-11-26(20)10-2-3-18-6-7-21(24)31-18)14-16-4-5-17-8-9-25-22(28)19(17)13-16/h2-9,13,20H,10-12,14-15H2,1H3,(H,25,28)/b3-2+. The van der Waals surface area contributed by atoms with Gasteiger partial charge in [0, 0.05) is 49.7 Å².